The lowest BCUT2D eigenvalue weighted by atomic mass is 9.78. The van der Waals surface area contributed by atoms with Crippen molar-refractivity contribution in [3.63, 3.8) is 0 Å². The van der Waals surface area contributed by atoms with Gasteiger partial charge in [0.1, 0.15) is 5.03 Å². The van der Waals surface area contributed by atoms with Crippen LogP contribution in [0.5, 0.6) is 0 Å². The summed E-state index contributed by atoms with van der Waals surface area (Å²) in [5.74, 6) is 2.72. The van der Waals surface area contributed by atoms with Gasteiger partial charge in [0.25, 0.3) is 0 Å². The third-order valence-corrected chi connectivity index (χ3v) is 5.95. The van der Waals surface area contributed by atoms with E-state index in [-0.39, 0.29) is 0 Å². The number of hydrogen-bond donors (Lipinski definition) is 0. The zero-order chi connectivity index (χ0) is 12.4. The minimum Gasteiger partial charge on any atom is -0.303 e. The van der Waals surface area contributed by atoms with Crippen molar-refractivity contribution in [1.82, 2.24) is 13.6 Å². The van der Waals surface area contributed by atoms with E-state index in [4.69, 9.17) is 0 Å². The van der Waals surface area contributed by atoms with Gasteiger partial charge in [-0.1, -0.05) is 13.3 Å². The van der Waals surface area contributed by atoms with Crippen molar-refractivity contribution in [3.8, 4) is 0 Å². The van der Waals surface area contributed by atoms with E-state index >= 15 is 0 Å². The summed E-state index contributed by atoms with van der Waals surface area (Å²) in [6.45, 7) is 6.07. The van der Waals surface area contributed by atoms with Crippen LogP contribution in [0, 0.1) is 5.92 Å². The largest absolute Gasteiger partial charge is 0.303 e. The second-order valence-electron chi connectivity index (χ2n) is 5.40. The first-order valence-electron chi connectivity index (χ1n) is 7.06. The molecule has 0 aromatic carbocycles. The number of hydrogen-bond acceptors (Lipinski definition) is 5. The van der Waals surface area contributed by atoms with Crippen molar-refractivity contribution >= 4 is 23.5 Å². The Morgan fingerprint density at radius 2 is 2.17 bits per heavy atom. The monoisotopic (exact) mass is 283 g/mol. The number of unbranched alkanes of at least 4 members (excludes halogenated alkanes) is 1. The van der Waals surface area contributed by atoms with Crippen molar-refractivity contribution in [1.29, 1.82) is 0 Å². The van der Waals surface area contributed by atoms with Gasteiger partial charge in [0.15, 0.2) is 0 Å². The van der Waals surface area contributed by atoms with E-state index in [9.17, 15) is 0 Å². The van der Waals surface area contributed by atoms with Gasteiger partial charge in [-0.25, -0.2) is 0 Å². The number of thioether (sulfide) groups is 1. The maximum absolute atomic E-state index is 4.62. The molecule has 0 spiro atoms. The summed E-state index contributed by atoms with van der Waals surface area (Å²) < 4.78 is 9.14. The van der Waals surface area contributed by atoms with E-state index in [0.29, 0.717) is 5.92 Å². The van der Waals surface area contributed by atoms with Gasteiger partial charge in [-0.3, -0.25) is 0 Å². The average Bonchev–Trinajstić information content (AvgIpc) is 2.89. The van der Waals surface area contributed by atoms with Crippen LogP contribution >= 0.6 is 23.5 Å². The Hall–Kier alpha value is -0.130. The van der Waals surface area contributed by atoms with Crippen molar-refractivity contribution in [3.05, 3.63) is 5.69 Å². The third kappa shape index (κ3) is 2.58. The predicted octanol–water partition coefficient (Wildman–Crippen LogP) is 3.24. The molecule has 3 fully saturated rings. The van der Waals surface area contributed by atoms with E-state index < -0.39 is 0 Å². The number of aromatic nitrogens is 2. The molecule has 4 heterocycles. The maximum atomic E-state index is 4.62. The summed E-state index contributed by atoms with van der Waals surface area (Å²) in [5, 5.41) is 1.23. The van der Waals surface area contributed by atoms with Crippen LogP contribution in [0.3, 0.4) is 0 Å². The summed E-state index contributed by atoms with van der Waals surface area (Å²) in [6, 6.07) is 0. The first-order valence-corrected chi connectivity index (χ1v) is 8.77. The highest BCUT2D eigenvalue weighted by Gasteiger charge is 2.37. The van der Waals surface area contributed by atoms with E-state index in [1.807, 2.05) is 11.8 Å². The fourth-order valence-corrected chi connectivity index (χ4v) is 4.96. The standard InChI is InChI=1S/C13H21N3S2/c1-2-3-8-17-13-12(14-18-15-13)11-9-16-6-4-10(11)5-7-16/h10-11H,2-9H2,1H3/t11-/m0/s1. The zero-order valence-electron chi connectivity index (χ0n) is 11.0. The maximum Gasteiger partial charge on any atom is 0.134 e. The Labute approximate surface area is 118 Å². The molecule has 2 bridgehead atoms. The Bertz CT molecular complexity index is 385. The summed E-state index contributed by atoms with van der Waals surface area (Å²) in [7, 11) is 0. The molecule has 5 heteroatoms. The molecular formula is C13H21N3S2. The summed E-state index contributed by atoms with van der Waals surface area (Å²) >= 11 is 3.32. The Morgan fingerprint density at radius 3 is 2.83 bits per heavy atom. The number of piperidine rings is 3. The van der Waals surface area contributed by atoms with Gasteiger partial charge in [-0.2, -0.15) is 8.75 Å². The molecule has 1 aromatic rings. The van der Waals surface area contributed by atoms with Gasteiger partial charge in [0.2, 0.25) is 0 Å². The highest BCUT2D eigenvalue weighted by atomic mass is 32.2. The van der Waals surface area contributed by atoms with Crippen LogP contribution in [0.15, 0.2) is 5.03 Å². The number of rotatable bonds is 5. The van der Waals surface area contributed by atoms with Crippen LogP contribution in [0.25, 0.3) is 0 Å². The summed E-state index contributed by atoms with van der Waals surface area (Å²) in [5.41, 5.74) is 1.32. The van der Waals surface area contributed by atoms with Crippen LogP contribution in [-0.4, -0.2) is 39.0 Å². The quantitative estimate of drug-likeness (QED) is 0.613. The fraction of sp³-hybridized carbons (Fsp3) is 0.846. The molecule has 0 amide bonds. The van der Waals surface area contributed by atoms with Gasteiger partial charge >= 0.3 is 0 Å². The highest BCUT2D eigenvalue weighted by molar-refractivity contribution is 7.99. The molecule has 3 saturated heterocycles. The molecule has 1 atom stereocenters. The van der Waals surface area contributed by atoms with Gasteiger partial charge in [0, 0.05) is 12.5 Å². The summed E-state index contributed by atoms with van der Waals surface area (Å²) in [4.78, 5) is 2.60. The van der Waals surface area contributed by atoms with Gasteiger partial charge in [0.05, 0.1) is 17.4 Å². The molecule has 100 valence electrons. The first-order chi connectivity index (χ1) is 8.88. The van der Waals surface area contributed by atoms with Crippen molar-refractivity contribution < 1.29 is 0 Å². The van der Waals surface area contributed by atoms with E-state index in [2.05, 4.69) is 20.6 Å². The lowest BCUT2D eigenvalue weighted by Crippen LogP contribution is -2.46. The van der Waals surface area contributed by atoms with Gasteiger partial charge in [-0.15, -0.1) is 11.8 Å². The highest BCUT2D eigenvalue weighted by Crippen LogP contribution is 2.41. The molecule has 3 aliphatic heterocycles. The lowest BCUT2D eigenvalue weighted by Gasteiger charge is -2.44. The van der Waals surface area contributed by atoms with Crippen molar-refractivity contribution in [2.45, 2.75) is 43.6 Å². The molecule has 3 aliphatic rings. The Kier molecular flexibility index (Phi) is 4.21. The molecule has 0 unspecified atom stereocenters. The third-order valence-electron chi connectivity index (χ3n) is 4.23. The van der Waals surface area contributed by atoms with E-state index in [1.165, 1.54) is 73.5 Å². The fourth-order valence-electron chi connectivity index (χ4n) is 3.10. The molecular weight excluding hydrogens is 262 g/mol. The first kappa shape index (κ1) is 12.9. The van der Waals surface area contributed by atoms with E-state index in [0.717, 1.165) is 5.92 Å². The van der Waals surface area contributed by atoms with Gasteiger partial charge < -0.3 is 4.90 Å². The molecule has 18 heavy (non-hydrogen) atoms. The minimum absolute atomic E-state index is 0.662. The number of fused-ring (bicyclic) bond motifs is 3. The van der Waals surface area contributed by atoms with Crippen LogP contribution in [0.1, 0.15) is 44.2 Å². The molecule has 0 aliphatic carbocycles. The number of nitrogens with zero attached hydrogens (tertiary/aromatic N) is 3. The van der Waals surface area contributed by atoms with Crippen LogP contribution in [-0.2, 0) is 0 Å². The Balaban J connectivity index is 1.70. The molecule has 3 nitrogen and oxygen atoms in total. The van der Waals surface area contributed by atoms with Crippen LogP contribution < -0.4 is 0 Å². The minimum atomic E-state index is 0.662. The molecule has 4 rings (SSSR count). The smallest absolute Gasteiger partial charge is 0.134 e. The topological polar surface area (TPSA) is 29.0 Å². The zero-order valence-corrected chi connectivity index (χ0v) is 12.6. The molecule has 0 radical (unpaired) electrons. The molecule has 0 N–H and O–H groups in total. The Morgan fingerprint density at radius 1 is 1.33 bits per heavy atom. The van der Waals surface area contributed by atoms with Crippen LogP contribution in [0.2, 0.25) is 0 Å². The predicted molar refractivity (Wildman–Crippen MR) is 77.4 cm³/mol. The average molecular weight is 283 g/mol. The van der Waals surface area contributed by atoms with Crippen LogP contribution in [0.4, 0.5) is 0 Å². The molecule has 1 aromatic heterocycles. The second kappa shape index (κ2) is 5.88. The van der Waals surface area contributed by atoms with Crippen molar-refractivity contribution in [2.75, 3.05) is 25.4 Å². The lowest BCUT2D eigenvalue weighted by molar-refractivity contribution is 0.0846. The normalized spacial score (nSPS) is 30.8. The second-order valence-corrected chi connectivity index (χ2v) is 7.01. The van der Waals surface area contributed by atoms with E-state index in [1.54, 1.807) is 0 Å². The summed E-state index contributed by atoms with van der Waals surface area (Å²) in [6.07, 6.45) is 5.27. The molecule has 0 saturated carbocycles. The SMILES string of the molecule is CCCCSc1nsnc1[C@H]1CN2CCC1CC2. The van der Waals surface area contributed by atoms with Crippen molar-refractivity contribution in [2.24, 2.45) is 5.92 Å². The van der Waals surface area contributed by atoms with Gasteiger partial charge in [-0.05, 0) is 44.0 Å².